The summed E-state index contributed by atoms with van der Waals surface area (Å²) in [6, 6.07) is 18.0. The summed E-state index contributed by atoms with van der Waals surface area (Å²) in [5.41, 5.74) is 0.681. The Labute approximate surface area is 219 Å². The molecule has 0 saturated heterocycles. The standard InChI is InChI=1S/C27H21BrClFN2O4/c1-3-22(25(33)31-21-13-10-16(28)14-20(21)30)36-27(35)24-23(15-8-11-17(29)12-9-15)18-6-4-5-7-19(18)26(34)32(24)2/h4-14,22H,3H2,1-2H3,(H,31,33). The molecular weight excluding hydrogens is 551 g/mol. The van der Waals surface area contributed by atoms with E-state index in [-0.39, 0.29) is 23.4 Å². The molecule has 1 unspecified atom stereocenters. The minimum Gasteiger partial charge on any atom is -0.448 e. The number of hydrogen-bond acceptors (Lipinski definition) is 4. The molecule has 0 fully saturated rings. The van der Waals surface area contributed by atoms with Crippen molar-refractivity contribution >= 4 is 55.9 Å². The van der Waals surface area contributed by atoms with Gasteiger partial charge < -0.3 is 14.6 Å². The fourth-order valence-corrected chi connectivity index (χ4v) is 4.38. The second-order valence-electron chi connectivity index (χ2n) is 8.06. The van der Waals surface area contributed by atoms with Crippen LogP contribution in [-0.2, 0) is 16.6 Å². The lowest BCUT2D eigenvalue weighted by molar-refractivity contribution is -0.124. The zero-order chi connectivity index (χ0) is 26.0. The molecule has 1 atom stereocenters. The van der Waals surface area contributed by atoms with E-state index < -0.39 is 23.8 Å². The molecule has 4 aromatic rings. The molecule has 9 heteroatoms. The number of benzene rings is 3. The van der Waals surface area contributed by atoms with Crippen molar-refractivity contribution in [3.8, 4) is 11.1 Å². The van der Waals surface area contributed by atoms with Gasteiger partial charge in [-0.25, -0.2) is 9.18 Å². The first-order chi connectivity index (χ1) is 17.2. The summed E-state index contributed by atoms with van der Waals surface area (Å²) in [6.07, 6.45) is -1.09. The molecule has 1 N–H and O–H groups in total. The van der Waals surface area contributed by atoms with Crippen LogP contribution in [0, 0.1) is 5.82 Å². The highest BCUT2D eigenvalue weighted by molar-refractivity contribution is 9.10. The van der Waals surface area contributed by atoms with E-state index in [4.69, 9.17) is 16.3 Å². The average Bonchev–Trinajstić information content (AvgIpc) is 2.86. The number of nitrogens with one attached hydrogen (secondary N) is 1. The summed E-state index contributed by atoms with van der Waals surface area (Å²) < 4.78 is 21.5. The minimum atomic E-state index is -1.22. The van der Waals surface area contributed by atoms with Crippen molar-refractivity contribution in [1.82, 2.24) is 4.57 Å². The van der Waals surface area contributed by atoms with Gasteiger partial charge in [-0.15, -0.1) is 0 Å². The van der Waals surface area contributed by atoms with Crippen LogP contribution < -0.4 is 10.9 Å². The topological polar surface area (TPSA) is 77.4 Å². The SMILES string of the molecule is CCC(OC(=O)c1c(-c2ccc(Cl)cc2)c2ccccc2c(=O)n1C)C(=O)Nc1ccc(Br)cc1F. The number of ether oxygens (including phenoxy) is 1. The minimum absolute atomic E-state index is 0.0119. The first-order valence-electron chi connectivity index (χ1n) is 11.1. The number of esters is 1. The first-order valence-corrected chi connectivity index (χ1v) is 12.2. The molecule has 6 nitrogen and oxygen atoms in total. The Morgan fingerprint density at radius 3 is 2.39 bits per heavy atom. The summed E-state index contributed by atoms with van der Waals surface area (Å²) in [7, 11) is 1.48. The first kappa shape index (κ1) is 25.6. The number of aromatic nitrogens is 1. The number of amides is 1. The van der Waals surface area contributed by atoms with Gasteiger partial charge in [0, 0.05) is 27.5 Å². The van der Waals surface area contributed by atoms with Crippen LogP contribution in [0.5, 0.6) is 0 Å². The van der Waals surface area contributed by atoms with Crippen molar-refractivity contribution in [3.05, 3.63) is 98.1 Å². The van der Waals surface area contributed by atoms with E-state index in [9.17, 15) is 18.8 Å². The number of halogens is 3. The normalized spacial score (nSPS) is 11.8. The molecule has 4 rings (SSSR count). The molecule has 1 heterocycles. The smallest absolute Gasteiger partial charge is 0.356 e. The van der Waals surface area contributed by atoms with E-state index in [0.717, 1.165) is 0 Å². The maximum absolute atomic E-state index is 14.2. The fourth-order valence-electron chi connectivity index (χ4n) is 3.92. The summed E-state index contributed by atoms with van der Waals surface area (Å²) in [6.45, 7) is 1.66. The van der Waals surface area contributed by atoms with Crippen LogP contribution >= 0.6 is 27.5 Å². The van der Waals surface area contributed by atoms with Crippen molar-refractivity contribution in [3.63, 3.8) is 0 Å². The number of anilines is 1. The van der Waals surface area contributed by atoms with Crippen molar-refractivity contribution in [1.29, 1.82) is 0 Å². The average molecular weight is 572 g/mol. The van der Waals surface area contributed by atoms with Gasteiger partial charge >= 0.3 is 5.97 Å². The van der Waals surface area contributed by atoms with E-state index in [1.54, 1.807) is 61.5 Å². The highest BCUT2D eigenvalue weighted by Gasteiger charge is 2.28. The number of hydrogen-bond donors (Lipinski definition) is 1. The number of rotatable bonds is 6. The Morgan fingerprint density at radius 1 is 1.08 bits per heavy atom. The molecule has 0 aliphatic rings. The Hall–Kier alpha value is -3.49. The summed E-state index contributed by atoms with van der Waals surface area (Å²) in [4.78, 5) is 39.4. The van der Waals surface area contributed by atoms with E-state index in [1.807, 2.05) is 0 Å². The third-order valence-corrected chi connectivity index (χ3v) is 6.48. The lowest BCUT2D eigenvalue weighted by Crippen LogP contribution is -2.34. The van der Waals surface area contributed by atoms with Crippen LogP contribution in [0.3, 0.4) is 0 Å². The van der Waals surface area contributed by atoms with Crippen LogP contribution in [0.15, 0.2) is 76.0 Å². The second kappa shape index (κ2) is 10.6. The predicted molar refractivity (Wildman–Crippen MR) is 142 cm³/mol. The van der Waals surface area contributed by atoms with Gasteiger partial charge in [0.25, 0.3) is 11.5 Å². The van der Waals surface area contributed by atoms with Gasteiger partial charge in [-0.3, -0.25) is 9.59 Å². The molecule has 3 aromatic carbocycles. The molecule has 1 aromatic heterocycles. The third-order valence-electron chi connectivity index (χ3n) is 5.73. The number of carbonyl (C=O) groups is 2. The monoisotopic (exact) mass is 570 g/mol. The third kappa shape index (κ3) is 5.05. The van der Waals surface area contributed by atoms with Crippen LogP contribution in [0.25, 0.3) is 21.9 Å². The molecule has 0 aliphatic carbocycles. The van der Waals surface area contributed by atoms with Gasteiger partial charge in [0.05, 0.1) is 5.69 Å². The summed E-state index contributed by atoms with van der Waals surface area (Å²) >= 11 is 9.23. The van der Waals surface area contributed by atoms with Gasteiger partial charge in [0.1, 0.15) is 11.5 Å². The Bertz CT molecular complexity index is 1540. The van der Waals surface area contributed by atoms with Crippen LogP contribution in [0.4, 0.5) is 10.1 Å². The zero-order valence-electron chi connectivity index (χ0n) is 19.3. The predicted octanol–water partition coefficient (Wildman–Crippen LogP) is 6.33. The maximum atomic E-state index is 14.2. The van der Waals surface area contributed by atoms with Crippen LogP contribution in [0.2, 0.25) is 5.02 Å². The van der Waals surface area contributed by atoms with Gasteiger partial charge in [-0.1, -0.05) is 64.8 Å². The molecule has 0 spiro atoms. The lowest BCUT2D eigenvalue weighted by atomic mass is 9.96. The van der Waals surface area contributed by atoms with Gasteiger partial charge in [0.15, 0.2) is 6.10 Å². The highest BCUT2D eigenvalue weighted by Crippen LogP contribution is 2.32. The molecule has 1 amide bonds. The summed E-state index contributed by atoms with van der Waals surface area (Å²) in [5, 5.41) is 3.96. The Morgan fingerprint density at radius 2 is 1.75 bits per heavy atom. The van der Waals surface area contributed by atoms with Gasteiger partial charge in [-0.05, 0) is 53.8 Å². The summed E-state index contributed by atoms with van der Waals surface area (Å²) in [5.74, 6) is -2.18. The number of carbonyl (C=O) groups excluding carboxylic acids is 2. The van der Waals surface area contributed by atoms with Crippen LogP contribution in [0.1, 0.15) is 23.8 Å². The van der Waals surface area contributed by atoms with Crippen molar-refractivity contribution < 1.29 is 18.7 Å². The number of nitrogens with zero attached hydrogens (tertiary/aromatic N) is 1. The van der Waals surface area contributed by atoms with Gasteiger partial charge in [0.2, 0.25) is 0 Å². The molecule has 184 valence electrons. The van der Waals surface area contributed by atoms with Crippen molar-refractivity contribution in [2.45, 2.75) is 19.4 Å². The van der Waals surface area contributed by atoms with Crippen molar-refractivity contribution in [2.24, 2.45) is 7.05 Å². The van der Waals surface area contributed by atoms with E-state index in [1.165, 1.54) is 23.7 Å². The maximum Gasteiger partial charge on any atom is 0.356 e. The molecule has 0 bridgehead atoms. The molecule has 0 radical (unpaired) electrons. The molecule has 0 aliphatic heterocycles. The van der Waals surface area contributed by atoms with E-state index in [2.05, 4.69) is 21.2 Å². The quantitative estimate of drug-likeness (QED) is 0.274. The molecule has 0 saturated carbocycles. The molecular formula is C27H21BrClFN2O4. The van der Waals surface area contributed by atoms with E-state index in [0.29, 0.717) is 31.4 Å². The van der Waals surface area contributed by atoms with Crippen molar-refractivity contribution in [2.75, 3.05) is 5.32 Å². The lowest BCUT2D eigenvalue weighted by Gasteiger charge is -2.20. The number of fused-ring (bicyclic) bond motifs is 1. The molecule has 36 heavy (non-hydrogen) atoms. The highest BCUT2D eigenvalue weighted by atomic mass is 79.9. The Kier molecular flexibility index (Phi) is 7.56. The largest absolute Gasteiger partial charge is 0.448 e. The van der Waals surface area contributed by atoms with Crippen LogP contribution in [-0.4, -0.2) is 22.5 Å². The van der Waals surface area contributed by atoms with E-state index >= 15 is 0 Å². The Balaban J connectivity index is 1.75. The van der Waals surface area contributed by atoms with Gasteiger partial charge in [-0.2, -0.15) is 0 Å². The number of pyridine rings is 1. The second-order valence-corrected chi connectivity index (χ2v) is 9.41. The fraction of sp³-hybridized carbons (Fsp3) is 0.148. The zero-order valence-corrected chi connectivity index (χ0v) is 21.7.